The van der Waals surface area contributed by atoms with Crippen LogP contribution in [0.15, 0.2) is 64.2 Å². The molecule has 1 N–H and O–H groups in total. The zero-order valence-electron chi connectivity index (χ0n) is 17.4. The number of hydrogen-bond acceptors (Lipinski definition) is 5. The summed E-state index contributed by atoms with van der Waals surface area (Å²) in [5.74, 6) is -0.557. The van der Waals surface area contributed by atoms with E-state index in [9.17, 15) is 9.18 Å². The largest absolute Gasteiger partial charge is 0.490 e. The fourth-order valence-corrected chi connectivity index (χ4v) is 3.41. The summed E-state index contributed by atoms with van der Waals surface area (Å²) < 4.78 is 26.2. The Morgan fingerprint density at radius 3 is 2.67 bits per heavy atom. The molecule has 0 aliphatic rings. The first-order valence-corrected chi connectivity index (χ1v) is 11.0. The SMILES string of the molecule is CCOc1cc(/C=N\NC(=O)c2ccc(C#N)cc2F)c(Br)cc1OCc1ccccc1Cl. The zero-order valence-corrected chi connectivity index (χ0v) is 19.8. The Balaban J connectivity index is 1.74. The second-order valence-electron chi connectivity index (χ2n) is 6.64. The van der Waals surface area contributed by atoms with Crippen LogP contribution in [0.4, 0.5) is 4.39 Å². The molecule has 3 rings (SSSR count). The summed E-state index contributed by atoms with van der Waals surface area (Å²) in [6.45, 7) is 2.52. The number of amides is 1. The van der Waals surface area contributed by atoms with Crippen molar-refractivity contribution < 1.29 is 18.7 Å². The summed E-state index contributed by atoms with van der Waals surface area (Å²) in [6.07, 6.45) is 1.39. The number of carbonyl (C=O) groups excluding carboxylic acids is 1. The zero-order chi connectivity index (χ0) is 23.8. The predicted molar refractivity (Wildman–Crippen MR) is 127 cm³/mol. The van der Waals surface area contributed by atoms with Gasteiger partial charge in [0.2, 0.25) is 0 Å². The second kappa shape index (κ2) is 11.5. The van der Waals surface area contributed by atoms with Crippen molar-refractivity contribution in [3.05, 3.63) is 92.2 Å². The van der Waals surface area contributed by atoms with E-state index in [-0.39, 0.29) is 17.7 Å². The van der Waals surface area contributed by atoms with Crippen LogP contribution in [0.25, 0.3) is 0 Å². The van der Waals surface area contributed by atoms with E-state index >= 15 is 0 Å². The number of hydrogen-bond donors (Lipinski definition) is 1. The predicted octanol–water partition coefficient (Wildman–Crippen LogP) is 5.85. The Hall–Kier alpha value is -3.41. The summed E-state index contributed by atoms with van der Waals surface area (Å²) in [6, 6.07) is 16.2. The van der Waals surface area contributed by atoms with E-state index in [1.807, 2.05) is 31.2 Å². The minimum absolute atomic E-state index is 0.122. The van der Waals surface area contributed by atoms with Crippen molar-refractivity contribution in [2.24, 2.45) is 5.10 Å². The van der Waals surface area contributed by atoms with Gasteiger partial charge in [-0.2, -0.15) is 10.4 Å². The third-order valence-corrected chi connectivity index (χ3v) is 5.47. The Kier molecular flexibility index (Phi) is 8.41. The van der Waals surface area contributed by atoms with E-state index in [0.29, 0.717) is 33.2 Å². The van der Waals surface area contributed by atoms with Crippen LogP contribution < -0.4 is 14.9 Å². The normalized spacial score (nSPS) is 10.6. The van der Waals surface area contributed by atoms with Crippen molar-refractivity contribution in [2.75, 3.05) is 6.61 Å². The van der Waals surface area contributed by atoms with Crippen LogP contribution in [0.2, 0.25) is 5.02 Å². The molecule has 6 nitrogen and oxygen atoms in total. The molecular weight excluding hydrogens is 513 g/mol. The number of nitrogens with zero attached hydrogens (tertiary/aromatic N) is 2. The van der Waals surface area contributed by atoms with Gasteiger partial charge in [0.1, 0.15) is 12.4 Å². The van der Waals surface area contributed by atoms with Crippen LogP contribution >= 0.6 is 27.5 Å². The van der Waals surface area contributed by atoms with Gasteiger partial charge in [0, 0.05) is 20.6 Å². The summed E-state index contributed by atoms with van der Waals surface area (Å²) in [5.41, 5.74) is 3.61. The van der Waals surface area contributed by atoms with Gasteiger partial charge >= 0.3 is 0 Å². The van der Waals surface area contributed by atoms with Gasteiger partial charge in [-0.15, -0.1) is 0 Å². The molecule has 0 bridgehead atoms. The molecule has 1 amide bonds. The van der Waals surface area contributed by atoms with Gasteiger partial charge in [-0.3, -0.25) is 4.79 Å². The molecule has 0 heterocycles. The van der Waals surface area contributed by atoms with Gasteiger partial charge in [-0.1, -0.05) is 29.8 Å². The number of carbonyl (C=O) groups is 1. The Morgan fingerprint density at radius 2 is 1.97 bits per heavy atom. The molecule has 0 aliphatic carbocycles. The van der Waals surface area contributed by atoms with Gasteiger partial charge in [-0.25, -0.2) is 9.82 Å². The van der Waals surface area contributed by atoms with E-state index < -0.39 is 11.7 Å². The first-order valence-electron chi connectivity index (χ1n) is 9.78. The lowest BCUT2D eigenvalue weighted by molar-refractivity contribution is 0.0951. The Bertz CT molecular complexity index is 1240. The number of halogens is 3. The first kappa shape index (κ1) is 24.2. The molecule has 0 saturated heterocycles. The minimum Gasteiger partial charge on any atom is -0.490 e. The fourth-order valence-electron chi connectivity index (χ4n) is 2.79. The van der Waals surface area contributed by atoms with Gasteiger partial charge in [0.05, 0.1) is 30.0 Å². The number of nitrogens with one attached hydrogen (secondary N) is 1. The van der Waals surface area contributed by atoms with Crippen LogP contribution in [0.3, 0.4) is 0 Å². The van der Waals surface area contributed by atoms with Crippen LogP contribution in [0.1, 0.15) is 34.0 Å². The van der Waals surface area contributed by atoms with Crippen molar-refractivity contribution in [1.82, 2.24) is 5.43 Å². The van der Waals surface area contributed by atoms with E-state index in [1.54, 1.807) is 18.2 Å². The molecule has 0 radical (unpaired) electrons. The summed E-state index contributed by atoms with van der Waals surface area (Å²) in [4.78, 5) is 12.2. The van der Waals surface area contributed by atoms with E-state index in [0.717, 1.165) is 11.6 Å². The molecular formula is C24H18BrClFN3O3. The number of hydrazone groups is 1. The molecule has 0 atom stereocenters. The average molecular weight is 531 g/mol. The monoisotopic (exact) mass is 529 g/mol. The summed E-state index contributed by atoms with van der Waals surface area (Å²) >= 11 is 9.65. The highest BCUT2D eigenvalue weighted by atomic mass is 79.9. The smallest absolute Gasteiger partial charge is 0.274 e. The van der Waals surface area contributed by atoms with Crippen molar-refractivity contribution >= 4 is 39.7 Å². The van der Waals surface area contributed by atoms with Gasteiger partial charge in [-0.05, 0) is 59.3 Å². The maximum absolute atomic E-state index is 14.0. The molecule has 0 spiro atoms. The molecule has 9 heteroatoms. The lowest BCUT2D eigenvalue weighted by Gasteiger charge is -2.14. The highest BCUT2D eigenvalue weighted by Gasteiger charge is 2.13. The van der Waals surface area contributed by atoms with Crippen LogP contribution in [0, 0.1) is 17.1 Å². The number of ether oxygens (including phenoxy) is 2. The van der Waals surface area contributed by atoms with Crippen LogP contribution in [0.5, 0.6) is 11.5 Å². The van der Waals surface area contributed by atoms with Gasteiger partial charge in [0.15, 0.2) is 11.5 Å². The van der Waals surface area contributed by atoms with Crippen molar-refractivity contribution in [2.45, 2.75) is 13.5 Å². The molecule has 168 valence electrons. The molecule has 0 saturated carbocycles. The lowest BCUT2D eigenvalue weighted by Crippen LogP contribution is -2.19. The van der Waals surface area contributed by atoms with Gasteiger partial charge < -0.3 is 9.47 Å². The van der Waals surface area contributed by atoms with Crippen LogP contribution in [-0.2, 0) is 6.61 Å². The second-order valence-corrected chi connectivity index (χ2v) is 7.90. The fraction of sp³-hybridized carbons (Fsp3) is 0.125. The molecule has 3 aromatic rings. The molecule has 33 heavy (non-hydrogen) atoms. The molecule has 0 unspecified atom stereocenters. The third-order valence-electron chi connectivity index (χ3n) is 4.42. The third kappa shape index (κ3) is 6.31. The number of benzene rings is 3. The standard InChI is InChI=1S/C24H18BrClFN3O3/c1-2-32-22-10-17(13-29-30-24(31)18-8-7-15(12-28)9-21(18)27)19(25)11-23(22)33-14-16-5-3-4-6-20(16)26/h3-11,13H,2,14H2,1H3,(H,30,31)/b29-13-. The van der Waals surface area contributed by atoms with E-state index in [1.165, 1.54) is 18.3 Å². The first-order chi connectivity index (χ1) is 15.9. The quantitative estimate of drug-likeness (QED) is 0.292. The topological polar surface area (TPSA) is 83.7 Å². The molecule has 0 aromatic heterocycles. The molecule has 3 aromatic carbocycles. The highest BCUT2D eigenvalue weighted by molar-refractivity contribution is 9.10. The highest BCUT2D eigenvalue weighted by Crippen LogP contribution is 2.34. The minimum atomic E-state index is -0.804. The Morgan fingerprint density at radius 1 is 1.21 bits per heavy atom. The van der Waals surface area contributed by atoms with Crippen molar-refractivity contribution in [1.29, 1.82) is 5.26 Å². The van der Waals surface area contributed by atoms with Crippen LogP contribution in [-0.4, -0.2) is 18.7 Å². The van der Waals surface area contributed by atoms with Crippen molar-refractivity contribution in [3.63, 3.8) is 0 Å². The van der Waals surface area contributed by atoms with E-state index in [2.05, 4.69) is 26.5 Å². The maximum Gasteiger partial charge on any atom is 0.274 e. The summed E-state index contributed by atoms with van der Waals surface area (Å²) in [5, 5.41) is 13.3. The maximum atomic E-state index is 14.0. The van der Waals surface area contributed by atoms with Gasteiger partial charge in [0.25, 0.3) is 5.91 Å². The molecule has 0 aliphatic heterocycles. The summed E-state index contributed by atoms with van der Waals surface area (Å²) in [7, 11) is 0. The lowest BCUT2D eigenvalue weighted by atomic mass is 10.1. The molecule has 0 fully saturated rings. The average Bonchev–Trinajstić information content (AvgIpc) is 2.80. The van der Waals surface area contributed by atoms with Crippen molar-refractivity contribution in [3.8, 4) is 17.6 Å². The number of nitriles is 1. The Labute approximate surface area is 203 Å². The van der Waals surface area contributed by atoms with E-state index in [4.69, 9.17) is 26.3 Å². The number of rotatable bonds is 8.